The van der Waals surface area contributed by atoms with Crippen molar-refractivity contribution in [1.82, 2.24) is 10.2 Å². The Kier molecular flexibility index (Phi) is 2.54. The zero-order chi connectivity index (χ0) is 11.3. The van der Waals surface area contributed by atoms with E-state index in [9.17, 15) is 0 Å². The van der Waals surface area contributed by atoms with Crippen LogP contribution in [0.5, 0.6) is 0 Å². The van der Waals surface area contributed by atoms with Crippen molar-refractivity contribution in [2.45, 2.75) is 44.9 Å². The van der Waals surface area contributed by atoms with Gasteiger partial charge in [0.2, 0.25) is 0 Å². The van der Waals surface area contributed by atoms with Gasteiger partial charge in [-0.3, -0.25) is 0 Å². The van der Waals surface area contributed by atoms with Gasteiger partial charge in [0.05, 0.1) is 6.10 Å². The zero-order valence-corrected chi connectivity index (χ0v) is 10.7. The van der Waals surface area contributed by atoms with Gasteiger partial charge in [-0.05, 0) is 26.4 Å². The van der Waals surface area contributed by atoms with Crippen LogP contribution in [0, 0.1) is 11.3 Å². The normalized spacial score (nSPS) is 46.7. The second kappa shape index (κ2) is 3.69. The maximum absolute atomic E-state index is 5.83. The molecule has 4 atom stereocenters. The summed E-state index contributed by atoms with van der Waals surface area (Å²) in [6.45, 7) is 8.15. The summed E-state index contributed by atoms with van der Waals surface area (Å²) in [5.41, 5.74) is 0.336. The van der Waals surface area contributed by atoms with Crippen molar-refractivity contribution in [3.05, 3.63) is 0 Å². The van der Waals surface area contributed by atoms with E-state index in [0.717, 1.165) is 12.5 Å². The lowest BCUT2D eigenvalue weighted by Gasteiger charge is -2.55. The van der Waals surface area contributed by atoms with Crippen LogP contribution >= 0.6 is 0 Å². The Morgan fingerprint density at radius 2 is 2.12 bits per heavy atom. The number of hydrogen-bond donors (Lipinski definition) is 1. The van der Waals surface area contributed by atoms with E-state index in [-0.39, 0.29) is 0 Å². The number of likely N-dealkylation sites (tertiary alicyclic amines) is 1. The molecule has 4 unspecified atom stereocenters. The number of nitrogens with one attached hydrogen (secondary N) is 1. The highest BCUT2D eigenvalue weighted by atomic mass is 16.5. The lowest BCUT2D eigenvalue weighted by Crippen LogP contribution is -2.67. The molecule has 0 aromatic carbocycles. The standard InChI is InChI=1S/C13H24N2O/c1-13(2)11(10-5-7-16-12(10)13)14-9-4-6-15(3)8-9/h9-12,14H,4-8H2,1-3H3. The predicted molar refractivity (Wildman–Crippen MR) is 64.5 cm³/mol. The summed E-state index contributed by atoms with van der Waals surface area (Å²) in [6, 6.07) is 1.38. The lowest BCUT2D eigenvalue weighted by atomic mass is 9.57. The van der Waals surface area contributed by atoms with E-state index in [2.05, 4.69) is 31.1 Å². The van der Waals surface area contributed by atoms with Crippen LogP contribution in [0.4, 0.5) is 0 Å². The van der Waals surface area contributed by atoms with Crippen molar-refractivity contribution in [3.63, 3.8) is 0 Å². The Balaban J connectivity index is 1.62. The van der Waals surface area contributed by atoms with Gasteiger partial charge in [0.15, 0.2) is 0 Å². The van der Waals surface area contributed by atoms with Crippen LogP contribution in [-0.2, 0) is 4.74 Å². The highest BCUT2D eigenvalue weighted by Gasteiger charge is 2.59. The predicted octanol–water partition coefficient (Wildman–Crippen LogP) is 1.09. The molecule has 3 rings (SSSR count). The van der Waals surface area contributed by atoms with Crippen molar-refractivity contribution in [2.24, 2.45) is 11.3 Å². The van der Waals surface area contributed by atoms with Crippen molar-refractivity contribution in [1.29, 1.82) is 0 Å². The first kappa shape index (κ1) is 11.0. The molecule has 2 saturated heterocycles. The molecule has 0 radical (unpaired) electrons. The summed E-state index contributed by atoms with van der Waals surface area (Å²) in [5, 5.41) is 3.89. The van der Waals surface area contributed by atoms with Gasteiger partial charge in [-0.1, -0.05) is 13.8 Å². The summed E-state index contributed by atoms with van der Waals surface area (Å²) in [6.07, 6.45) is 3.08. The van der Waals surface area contributed by atoms with E-state index < -0.39 is 0 Å². The Hall–Kier alpha value is -0.120. The van der Waals surface area contributed by atoms with Gasteiger partial charge in [-0.2, -0.15) is 0 Å². The SMILES string of the molecule is CN1CCC(NC2C3CCOC3C2(C)C)C1. The molecule has 3 heteroatoms. The van der Waals surface area contributed by atoms with Crippen LogP contribution in [-0.4, -0.2) is 49.8 Å². The Morgan fingerprint density at radius 1 is 1.31 bits per heavy atom. The minimum Gasteiger partial charge on any atom is -0.377 e. The third-order valence-electron chi connectivity index (χ3n) is 4.91. The molecule has 2 heterocycles. The number of fused-ring (bicyclic) bond motifs is 1. The van der Waals surface area contributed by atoms with E-state index in [1.165, 1.54) is 25.9 Å². The maximum atomic E-state index is 5.83. The fourth-order valence-electron chi connectivity index (χ4n) is 3.99. The van der Waals surface area contributed by atoms with Crippen molar-refractivity contribution < 1.29 is 4.74 Å². The first-order valence-corrected chi connectivity index (χ1v) is 6.65. The van der Waals surface area contributed by atoms with Gasteiger partial charge in [0.25, 0.3) is 0 Å². The molecular formula is C13H24N2O. The Bertz CT molecular complexity index is 279. The van der Waals surface area contributed by atoms with Crippen LogP contribution in [0.15, 0.2) is 0 Å². The molecule has 16 heavy (non-hydrogen) atoms. The maximum Gasteiger partial charge on any atom is 0.0685 e. The topological polar surface area (TPSA) is 24.5 Å². The van der Waals surface area contributed by atoms with Gasteiger partial charge in [0.1, 0.15) is 0 Å². The Labute approximate surface area is 98.5 Å². The van der Waals surface area contributed by atoms with Gasteiger partial charge in [-0.15, -0.1) is 0 Å². The second-order valence-electron chi connectivity index (χ2n) is 6.46. The first-order chi connectivity index (χ1) is 7.59. The second-order valence-corrected chi connectivity index (χ2v) is 6.46. The summed E-state index contributed by atoms with van der Waals surface area (Å²) < 4.78 is 5.83. The third kappa shape index (κ3) is 1.52. The average Bonchev–Trinajstić information content (AvgIpc) is 2.81. The molecule has 3 fully saturated rings. The van der Waals surface area contributed by atoms with Gasteiger partial charge in [0, 0.05) is 36.6 Å². The van der Waals surface area contributed by atoms with Crippen molar-refractivity contribution in [3.8, 4) is 0 Å². The van der Waals surface area contributed by atoms with Crippen LogP contribution < -0.4 is 5.32 Å². The fourth-order valence-corrected chi connectivity index (χ4v) is 3.99. The van der Waals surface area contributed by atoms with Gasteiger partial charge < -0.3 is 15.0 Å². The van der Waals surface area contributed by atoms with E-state index in [0.29, 0.717) is 23.6 Å². The fraction of sp³-hybridized carbons (Fsp3) is 1.00. The molecular weight excluding hydrogens is 200 g/mol. The van der Waals surface area contributed by atoms with E-state index >= 15 is 0 Å². The van der Waals surface area contributed by atoms with Crippen LogP contribution in [0.3, 0.4) is 0 Å². The Morgan fingerprint density at radius 3 is 2.81 bits per heavy atom. The third-order valence-corrected chi connectivity index (χ3v) is 4.91. The molecule has 1 saturated carbocycles. The minimum atomic E-state index is 0.336. The summed E-state index contributed by atoms with van der Waals surface area (Å²) in [4.78, 5) is 2.42. The first-order valence-electron chi connectivity index (χ1n) is 6.65. The smallest absolute Gasteiger partial charge is 0.0685 e. The summed E-state index contributed by atoms with van der Waals surface area (Å²) >= 11 is 0. The van der Waals surface area contributed by atoms with E-state index in [4.69, 9.17) is 4.74 Å². The molecule has 3 aliphatic rings. The highest BCUT2D eigenvalue weighted by molar-refractivity contribution is 5.12. The molecule has 1 N–H and O–H groups in total. The molecule has 0 aromatic heterocycles. The highest BCUT2D eigenvalue weighted by Crippen LogP contribution is 2.52. The van der Waals surface area contributed by atoms with Gasteiger partial charge in [-0.25, -0.2) is 0 Å². The molecule has 3 nitrogen and oxygen atoms in total. The lowest BCUT2D eigenvalue weighted by molar-refractivity contribution is -0.115. The molecule has 92 valence electrons. The number of nitrogens with zero attached hydrogens (tertiary/aromatic N) is 1. The molecule has 0 amide bonds. The van der Waals surface area contributed by atoms with Crippen molar-refractivity contribution >= 4 is 0 Å². The number of ether oxygens (including phenoxy) is 1. The van der Waals surface area contributed by atoms with Crippen molar-refractivity contribution in [2.75, 3.05) is 26.7 Å². The minimum absolute atomic E-state index is 0.336. The monoisotopic (exact) mass is 224 g/mol. The number of rotatable bonds is 2. The quantitative estimate of drug-likeness (QED) is 0.760. The van der Waals surface area contributed by atoms with Crippen LogP contribution in [0.2, 0.25) is 0 Å². The molecule has 0 bridgehead atoms. The molecule has 0 aromatic rings. The van der Waals surface area contributed by atoms with E-state index in [1.54, 1.807) is 0 Å². The molecule has 2 aliphatic heterocycles. The van der Waals surface area contributed by atoms with Crippen LogP contribution in [0.1, 0.15) is 26.7 Å². The summed E-state index contributed by atoms with van der Waals surface area (Å²) in [7, 11) is 2.22. The van der Waals surface area contributed by atoms with E-state index in [1.807, 2.05) is 0 Å². The number of likely N-dealkylation sites (N-methyl/N-ethyl adjacent to an activating group) is 1. The average molecular weight is 224 g/mol. The zero-order valence-electron chi connectivity index (χ0n) is 10.7. The number of hydrogen-bond acceptors (Lipinski definition) is 3. The largest absolute Gasteiger partial charge is 0.377 e. The molecule has 1 aliphatic carbocycles. The molecule has 0 spiro atoms. The summed E-state index contributed by atoms with van der Waals surface area (Å²) in [5.74, 6) is 0.779. The van der Waals surface area contributed by atoms with Crippen LogP contribution in [0.25, 0.3) is 0 Å². The van der Waals surface area contributed by atoms with Gasteiger partial charge >= 0.3 is 0 Å².